The van der Waals surface area contributed by atoms with Crippen LogP contribution in [0.4, 0.5) is 15.8 Å². The van der Waals surface area contributed by atoms with E-state index in [1.165, 1.54) is 0 Å². The smallest absolute Gasteiger partial charge is 0.340 e. The standard InChI is InChI=1S/C14H17FN2O4/c1-21-14(18)10-7-12(13(17(19)20)8-11(10)15)16-9-5-3-2-4-6-9/h7-9,16H,2-6H2,1H3. The zero-order chi connectivity index (χ0) is 15.4. The van der Waals surface area contributed by atoms with Crippen LogP contribution in [0.5, 0.6) is 0 Å². The number of esters is 1. The average Bonchev–Trinajstić information content (AvgIpc) is 2.48. The molecule has 6 nitrogen and oxygen atoms in total. The first-order chi connectivity index (χ1) is 10.0. The Morgan fingerprint density at radius 3 is 2.62 bits per heavy atom. The number of anilines is 1. The van der Waals surface area contributed by atoms with Crippen LogP contribution >= 0.6 is 0 Å². The lowest BCUT2D eigenvalue weighted by Gasteiger charge is -2.23. The highest BCUT2D eigenvalue weighted by atomic mass is 19.1. The summed E-state index contributed by atoms with van der Waals surface area (Å²) >= 11 is 0. The van der Waals surface area contributed by atoms with Crippen molar-refractivity contribution in [1.29, 1.82) is 0 Å². The third-order valence-electron chi connectivity index (χ3n) is 3.65. The number of hydrogen-bond donors (Lipinski definition) is 1. The Bertz CT molecular complexity index is 556. The maximum Gasteiger partial charge on any atom is 0.340 e. The summed E-state index contributed by atoms with van der Waals surface area (Å²) in [5, 5.41) is 14.1. The SMILES string of the molecule is COC(=O)c1cc(NC2CCCCC2)c([N+](=O)[O-])cc1F. The van der Waals surface area contributed by atoms with Gasteiger partial charge in [0.15, 0.2) is 0 Å². The molecule has 0 unspecified atom stereocenters. The van der Waals surface area contributed by atoms with Gasteiger partial charge in [-0.05, 0) is 18.9 Å². The monoisotopic (exact) mass is 296 g/mol. The molecule has 1 aromatic carbocycles. The van der Waals surface area contributed by atoms with E-state index in [0.29, 0.717) is 0 Å². The third kappa shape index (κ3) is 3.48. The van der Waals surface area contributed by atoms with Gasteiger partial charge in [0.25, 0.3) is 5.69 Å². The Labute approximate surface area is 121 Å². The van der Waals surface area contributed by atoms with Crippen molar-refractivity contribution in [3.05, 3.63) is 33.6 Å². The molecule has 0 spiro atoms. The summed E-state index contributed by atoms with van der Waals surface area (Å²) in [4.78, 5) is 21.9. The third-order valence-corrected chi connectivity index (χ3v) is 3.65. The average molecular weight is 296 g/mol. The number of nitrogens with one attached hydrogen (secondary N) is 1. The Morgan fingerprint density at radius 1 is 1.38 bits per heavy atom. The second-order valence-corrected chi connectivity index (χ2v) is 5.08. The lowest BCUT2D eigenvalue weighted by Crippen LogP contribution is -2.23. The van der Waals surface area contributed by atoms with E-state index >= 15 is 0 Å². The number of ether oxygens (including phenoxy) is 1. The summed E-state index contributed by atoms with van der Waals surface area (Å²) in [6, 6.07) is 2.03. The minimum Gasteiger partial charge on any atom is -0.465 e. The zero-order valence-corrected chi connectivity index (χ0v) is 11.7. The predicted molar refractivity (Wildman–Crippen MR) is 74.9 cm³/mol. The normalized spacial score (nSPS) is 15.5. The number of nitrogens with zero attached hydrogens (tertiary/aromatic N) is 1. The van der Waals surface area contributed by atoms with Crippen molar-refractivity contribution in [2.45, 2.75) is 38.1 Å². The molecule has 0 amide bonds. The van der Waals surface area contributed by atoms with Gasteiger partial charge in [-0.2, -0.15) is 0 Å². The molecule has 1 aliphatic carbocycles. The lowest BCUT2D eigenvalue weighted by molar-refractivity contribution is -0.384. The van der Waals surface area contributed by atoms with E-state index in [-0.39, 0.29) is 23.0 Å². The first-order valence-corrected chi connectivity index (χ1v) is 6.85. The molecule has 0 atom stereocenters. The molecule has 2 rings (SSSR count). The van der Waals surface area contributed by atoms with Crippen molar-refractivity contribution in [3.8, 4) is 0 Å². The Hall–Kier alpha value is -2.18. The first kappa shape index (κ1) is 15.2. The van der Waals surface area contributed by atoms with E-state index in [0.717, 1.165) is 51.3 Å². The van der Waals surface area contributed by atoms with Crippen LogP contribution in [-0.4, -0.2) is 24.0 Å². The summed E-state index contributed by atoms with van der Waals surface area (Å²) in [6.45, 7) is 0. The van der Waals surface area contributed by atoms with Crippen LogP contribution in [-0.2, 0) is 4.74 Å². The van der Waals surface area contributed by atoms with Gasteiger partial charge in [0.05, 0.1) is 23.7 Å². The molecule has 0 aromatic heterocycles. The Kier molecular flexibility index (Phi) is 4.72. The molecule has 0 heterocycles. The number of methoxy groups -OCH3 is 1. The van der Waals surface area contributed by atoms with Gasteiger partial charge >= 0.3 is 5.97 Å². The van der Waals surface area contributed by atoms with Gasteiger partial charge in [-0.1, -0.05) is 19.3 Å². The number of nitro groups is 1. The molecule has 0 aliphatic heterocycles. The van der Waals surface area contributed by atoms with Crippen molar-refractivity contribution in [2.24, 2.45) is 0 Å². The van der Waals surface area contributed by atoms with E-state index in [4.69, 9.17) is 0 Å². The molecule has 1 N–H and O–H groups in total. The molecular weight excluding hydrogens is 279 g/mol. The number of benzene rings is 1. The lowest BCUT2D eigenvalue weighted by atomic mass is 9.95. The number of nitro benzene ring substituents is 1. The van der Waals surface area contributed by atoms with Crippen molar-refractivity contribution in [2.75, 3.05) is 12.4 Å². The molecule has 21 heavy (non-hydrogen) atoms. The van der Waals surface area contributed by atoms with E-state index in [1.54, 1.807) is 0 Å². The van der Waals surface area contributed by atoms with Gasteiger partial charge in [0.2, 0.25) is 0 Å². The van der Waals surface area contributed by atoms with Gasteiger partial charge in [0, 0.05) is 6.04 Å². The number of rotatable bonds is 4. The van der Waals surface area contributed by atoms with E-state index in [2.05, 4.69) is 10.1 Å². The highest BCUT2D eigenvalue weighted by Gasteiger charge is 2.24. The van der Waals surface area contributed by atoms with Crippen molar-refractivity contribution >= 4 is 17.3 Å². The van der Waals surface area contributed by atoms with E-state index in [9.17, 15) is 19.3 Å². The summed E-state index contributed by atoms with van der Waals surface area (Å²) in [7, 11) is 1.14. The molecule has 1 aliphatic rings. The van der Waals surface area contributed by atoms with Gasteiger partial charge < -0.3 is 10.1 Å². The Morgan fingerprint density at radius 2 is 2.05 bits per heavy atom. The highest BCUT2D eigenvalue weighted by Crippen LogP contribution is 2.31. The fourth-order valence-corrected chi connectivity index (χ4v) is 2.56. The van der Waals surface area contributed by atoms with Gasteiger partial charge in [0.1, 0.15) is 11.5 Å². The second-order valence-electron chi connectivity index (χ2n) is 5.08. The number of carbonyl (C=O) groups excluding carboxylic acids is 1. The minimum atomic E-state index is -0.956. The van der Waals surface area contributed by atoms with Crippen LogP contribution in [0, 0.1) is 15.9 Å². The number of halogens is 1. The van der Waals surface area contributed by atoms with E-state index in [1.807, 2.05) is 0 Å². The van der Waals surface area contributed by atoms with Crippen LogP contribution in [0.3, 0.4) is 0 Å². The van der Waals surface area contributed by atoms with Gasteiger partial charge in [-0.15, -0.1) is 0 Å². The fraction of sp³-hybridized carbons (Fsp3) is 0.500. The summed E-state index contributed by atoms with van der Waals surface area (Å²) in [5.41, 5.74) is -0.513. The topological polar surface area (TPSA) is 81.5 Å². The van der Waals surface area contributed by atoms with Crippen LogP contribution in [0.15, 0.2) is 12.1 Å². The molecule has 7 heteroatoms. The van der Waals surface area contributed by atoms with Crippen LogP contribution in [0.1, 0.15) is 42.5 Å². The molecule has 0 bridgehead atoms. The molecule has 1 aromatic rings. The zero-order valence-electron chi connectivity index (χ0n) is 11.7. The fourth-order valence-electron chi connectivity index (χ4n) is 2.56. The second kappa shape index (κ2) is 6.51. The minimum absolute atomic E-state index is 0.105. The van der Waals surface area contributed by atoms with Crippen LogP contribution < -0.4 is 5.32 Å². The van der Waals surface area contributed by atoms with Gasteiger partial charge in [-0.3, -0.25) is 10.1 Å². The predicted octanol–water partition coefficient (Wildman–Crippen LogP) is 3.27. The van der Waals surface area contributed by atoms with Crippen molar-refractivity contribution < 1.29 is 18.8 Å². The quantitative estimate of drug-likeness (QED) is 0.524. The molecule has 0 saturated heterocycles. The van der Waals surface area contributed by atoms with Crippen molar-refractivity contribution in [1.82, 2.24) is 0 Å². The summed E-state index contributed by atoms with van der Waals surface area (Å²) in [6.07, 6.45) is 5.06. The first-order valence-electron chi connectivity index (χ1n) is 6.85. The van der Waals surface area contributed by atoms with Crippen LogP contribution in [0.25, 0.3) is 0 Å². The maximum absolute atomic E-state index is 13.8. The van der Waals surface area contributed by atoms with Gasteiger partial charge in [-0.25, -0.2) is 9.18 Å². The van der Waals surface area contributed by atoms with E-state index < -0.39 is 16.7 Å². The summed E-state index contributed by atoms with van der Waals surface area (Å²) in [5.74, 6) is -1.81. The molecular formula is C14H17FN2O4. The number of hydrogen-bond acceptors (Lipinski definition) is 5. The summed E-state index contributed by atoms with van der Waals surface area (Å²) < 4.78 is 18.3. The molecule has 0 radical (unpaired) electrons. The molecule has 1 saturated carbocycles. The van der Waals surface area contributed by atoms with Crippen molar-refractivity contribution in [3.63, 3.8) is 0 Å². The largest absolute Gasteiger partial charge is 0.465 e. The number of carbonyl (C=O) groups is 1. The Balaban J connectivity index is 2.35. The highest BCUT2D eigenvalue weighted by molar-refractivity contribution is 5.92. The maximum atomic E-state index is 13.8. The molecule has 114 valence electrons. The molecule has 1 fully saturated rings. The van der Waals surface area contributed by atoms with Crippen LogP contribution in [0.2, 0.25) is 0 Å².